The Balaban J connectivity index is 1.43. The third-order valence-electron chi connectivity index (χ3n) is 13.9. The molecular weight excluding hydrogens is 1270 g/mol. The molecule has 2 aromatic heterocycles. The first-order valence-corrected chi connectivity index (χ1v) is 31.0. The maximum absolute atomic E-state index is 14.0. The molecule has 0 fully saturated rings. The Kier molecular flexibility index (Phi) is 27.7. The molecule has 36 nitrogen and oxygen atoms in total. The number of amides is 13. The van der Waals surface area contributed by atoms with Crippen LogP contribution in [-0.2, 0) is 83.7 Å². The second kappa shape index (κ2) is 34.0. The average molecular weight is 1350 g/mol. The number of carbonyl (C=O) groups is 14. The molecule has 0 saturated heterocycles. The predicted octanol–water partition coefficient (Wildman–Crippen LogP) is -5.01. The van der Waals surface area contributed by atoms with Crippen molar-refractivity contribution in [1.82, 2.24) is 68.5 Å². The number of rotatable bonds is 36. The molecule has 2 heterocycles. The Morgan fingerprint density at radius 1 is 0.570 bits per heavy atom. The van der Waals surface area contributed by atoms with Crippen LogP contribution in [-0.4, -0.2) is 194 Å². The van der Waals surface area contributed by atoms with Crippen LogP contribution in [0, 0.1) is 11.8 Å². The highest BCUT2D eigenvalue weighted by molar-refractivity contribution is 7.99. The van der Waals surface area contributed by atoms with Crippen molar-refractivity contribution in [3.63, 3.8) is 0 Å². The fraction of sp³-hybridized carbons (Fsp3) is 0.491. The Labute approximate surface area is 534 Å². The molecule has 0 aliphatic carbocycles. The van der Waals surface area contributed by atoms with E-state index in [0.29, 0.717) is 5.56 Å². The molecule has 93 heavy (non-hydrogen) atoms. The van der Waals surface area contributed by atoms with E-state index in [9.17, 15) is 90.3 Å². The monoisotopic (exact) mass is 1340 g/mol. The smallest absolute Gasteiger partial charge is 0.305 e. The van der Waals surface area contributed by atoms with Gasteiger partial charge in [-0.25, -0.2) is 4.63 Å². The first-order chi connectivity index (χ1) is 43.4. The van der Waals surface area contributed by atoms with Gasteiger partial charge in [0.15, 0.2) is 5.52 Å². The fourth-order valence-corrected chi connectivity index (χ4v) is 10.6. The summed E-state index contributed by atoms with van der Waals surface area (Å²) in [5, 5.41) is 51.7. The Morgan fingerprint density at radius 3 is 1.59 bits per heavy atom. The van der Waals surface area contributed by atoms with Crippen LogP contribution in [0.5, 0.6) is 0 Å². The topological polar surface area (TPSA) is 587 Å². The second-order valence-corrected chi connectivity index (χ2v) is 24.6. The maximum Gasteiger partial charge on any atom is 0.305 e. The molecule has 4 rings (SSSR count). The molecule has 0 aliphatic rings. The number of primary amides is 3. The number of benzene rings is 2. The van der Waals surface area contributed by atoms with E-state index in [0.717, 1.165) is 42.6 Å². The second-order valence-electron chi connectivity index (χ2n) is 22.2. The Hall–Kier alpha value is -9.82. The lowest BCUT2D eigenvalue weighted by molar-refractivity contribution is -0.142. The normalized spacial score (nSPS) is 15.0. The molecule has 4 aromatic rings. The van der Waals surface area contributed by atoms with Gasteiger partial charge in [0.1, 0.15) is 70.8 Å². The number of nitrogens with two attached hydrogens (primary N) is 3. The summed E-state index contributed by atoms with van der Waals surface area (Å²) in [4.78, 5) is 187. The van der Waals surface area contributed by atoms with Crippen LogP contribution >= 0.6 is 11.8 Å². The number of carboxylic acid groups (broad SMARTS) is 1. The summed E-state index contributed by atoms with van der Waals surface area (Å²) >= 11 is 0.810. The molecule has 508 valence electrons. The maximum atomic E-state index is 14.0. The summed E-state index contributed by atoms with van der Waals surface area (Å²) in [6, 6.07) is -6.84. The Morgan fingerprint density at radius 2 is 1.05 bits per heavy atom. The number of hydrogen-bond acceptors (Lipinski definition) is 21. The third-order valence-corrected chi connectivity index (χ3v) is 15.9. The van der Waals surface area contributed by atoms with Crippen molar-refractivity contribution in [1.29, 1.82) is 0 Å². The van der Waals surface area contributed by atoms with Gasteiger partial charge in [0.05, 0.1) is 18.9 Å². The highest BCUT2D eigenvalue weighted by Gasteiger charge is 2.38. The van der Waals surface area contributed by atoms with Crippen LogP contribution in [0.1, 0.15) is 86.6 Å². The van der Waals surface area contributed by atoms with Crippen molar-refractivity contribution in [2.75, 3.05) is 5.75 Å². The molecule has 0 aliphatic heterocycles. The van der Waals surface area contributed by atoms with Gasteiger partial charge in [-0.1, -0.05) is 45.9 Å². The van der Waals surface area contributed by atoms with Crippen LogP contribution in [0.2, 0.25) is 0 Å². The number of hydrogen-bond donors (Lipinski definition) is 17. The number of carboxylic acids is 1. The zero-order valence-corrected chi connectivity index (χ0v) is 53.1. The van der Waals surface area contributed by atoms with Gasteiger partial charge in [0, 0.05) is 47.5 Å². The largest absolute Gasteiger partial charge is 0.481 e. The molecule has 0 spiro atoms. The van der Waals surface area contributed by atoms with Crippen molar-refractivity contribution >= 4 is 127 Å². The van der Waals surface area contributed by atoms with Crippen LogP contribution in [0.3, 0.4) is 0 Å². The molecule has 0 bridgehead atoms. The lowest BCUT2D eigenvalue weighted by Crippen LogP contribution is -2.62. The number of para-hydroxylation sites is 1. The predicted molar refractivity (Wildman–Crippen MR) is 326 cm³/mol. The first-order valence-electron chi connectivity index (χ1n) is 28.6. The molecule has 13 amide bonds. The summed E-state index contributed by atoms with van der Waals surface area (Å²) in [7, 11) is -4.79. The number of aromatic nitrogens is 3. The number of nitrogens with zero attached hydrogens (tertiary/aromatic N) is 2. The van der Waals surface area contributed by atoms with Gasteiger partial charge in [0.2, 0.25) is 76.8 Å². The number of aromatic amines is 1. The van der Waals surface area contributed by atoms with Gasteiger partial charge < -0.3 is 85.6 Å². The van der Waals surface area contributed by atoms with E-state index >= 15 is 0 Å². The minimum absolute atomic E-state index is 0.0214. The fourth-order valence-electron chi connectivity index (χ4n) is 8.94. The zero-order valence-electron chi connectivity index (χ0n) is 51.5. The van der Waals surface area contributed by atoms with Gasteiger partial charge in [-0.2, -0.15) is 8.42 Å². The van der Waals surface area contributed by atoms with Crippen molar-refractivity contribution in [2.45, 2.75) is 164 Å². The number of thioether (sulfide) groups is 1. The Bertz CT molecular complexity index is 3600. The number of carbonyl (C=O) groups excluding carboxylic acids is 13. The van der Waals surface area contributed by atoms with Crippen molar-refractivity contribution < 1.29 is 94.9 Å². The van der Waals surface area contributed by atoms with Crippen LogP contribution in [0.4, 0.5) is 0 Å². The number of aliphatic hydroxyl groups excluding tert-OH is 1. The van der Waals surface area contributed by atoms with Crippen LogP contribution < -0.4 is 70.4 Å². The summed E-state index contributed by atoms with van der Waals surface area (Å²) in [6.45, 7) is 10.5. The lowest BCUT2D eigenvalue weighted by Gasteiger charge is -2.29. The molecule has 0 radical (unpaired) electrons. The molecule has 0 saturated carbocycles. The van der Waals surface area contributed by atoms with Gasteiger partial charge >= 0.3 is 5.97 Å². The van der Waals surface area contributed by atoms with Crippen LogP contribution in [0.25, 0.3) is 21.9 Å². The standard InChI is InChI=1S/C55H76N16O20S2/c1-22(2)41(53(85)60-24(5)47(79)64-32(46(58)78)17-28-20-59-30-12-10-9-11-29(28)30)67-48(80)25(6)61-55(87)43(26(7)72)69-50(82)33(18-39(57)75)66-54(86)42(23(3)4)68-51(83)34(19-40(76)77)65-49(81)31(13-16-38(56)74)63-52(84)35(62-27(8)73)21-92-36-14-15-37(93(88,89)90)45-44(36)70-91-71-45/h9-12,14-15,20,22-26,31-35,41-43,59,72H,13,16-19,21H2,1-8H3,(H2,56,74)(H2,57,75)(H2,58,78)(H,60,85)(H,61,87)(H,62,73)(H,63,84)(H,64,79)(H,65,81)(H,66,86)(H,67,80)(H,68,83)(H,69,82)(H,76,77)(H,88,89,90)/t24-,25-,26+,31-,32-,33-,34-,35-,41-,42-,43-/m0/s1. The van der Waals surface area contributed by atoms with E-state index in [1.165, 1.54) is 33.8 Å². The molecule has 2 aromatic carbocycles. The lowest BCUT2D eigenvalue weighted by atomic mass is 10.0. The van der Waals surface area contributed by atoms with Gasteiger partial charge in [-0.05, 0) is 73.1 Å². The highest BCUT2D eigenvalue weighted by Crippen LogP contribution is 2.31. The summed E-state index contributed by atoms with van der Waals surface area (Å²) in [5.41, 5.74) is 17.3. The molecule has 38 heteroatoms. The third kappa shape index (κ3) is 22.5. The number of aliphatic carboxylic acids is 1. The minimum Gasteiger partial charge on any atom is -0.481 e. The van der Waals surface area contributed by atoms with Crippen molar-refractivity contribution in [2.24, 2.45) is 29.0 Å². The molecule has 20 N–H and O–H groups in total. The summed E-state index contributed by atoms with van der Waals surface area (Å²) in [6.07, 6.45) is -3.35. The average Bonchev–Trinajstić information content (AvgIpc) is 1.70. The number of nitrogens with one attached hydrogen (secondary N) is 11. The SMILES string of the molecule is CC(=O)N[C@@H](CSc1ccc(S(=O)(=O)O)c2nonc12)C(=O)N[C@@H](CCC(N)=O)C(=O)N[C@@H](CC(=O)O)C(=O)N[C@H](C(=O)N[C@@H](CC(N)=O)C(=O)N[C@H](C(=O)N[C@@H](C)C(=O)N[C@H](C(=O)N[C@@H](C)C(=O)N[C@@H](Cc1c[nH]c2ccccc12)C(N)=O)C(C)C)[C@@H](C)O)C(C)C. The molecule has 0 unspecified atom stereocenters. The van der Waals surface area contributed by atoms with Crippen LogP contribution in [0.15, 0.2) is 57.0 Å². The van der Waals surface area contributed by atoms with Crippen molar-refractivity contribution in [3.05, 3.63) is 48.2 Å². The molecular formula is C55H76N16O20S2. The summed E-state index contributed by atoms with van der Waals surface area (Å²) in [5.74, 6) is -17.4. The quantitative estimate of drug-likeness (QED) is 0.0150. The van der Waals surface area contributed by atoms with E-state index in [1.54, 1.807) is 26.1 Å². The van der Waals surface area contributed by atoms with Gasteiger partial charge in [-0.3, -0.25) is 71.7 Å². The van der Waals surface area contributed by atoms with E-state index < -0.39 is 202 Å². The van der Waals surface area contributed by atoms with E-state index in [-0.39, 0.29) is 28.1 Å². The van der Waals surface area contributed by atoms with E-state index in [4.69, 9.17) is 17.2 Å². The van der Waals surface area contributed by atoms with E-state index in [2.05, 4.69) is 73.1 Å². The number of H-pyrrole nitrogens is 1. The zero-order chi connectivity index (χ0) is 69.9. The van der Waals surface area contributed by atoms with Gasteiger partial charge in [-0.15, -0.1) is 11.8 Å². The van der Waals surface area contributed by atoms with Gasteiger partial charge in [0.25, 0.3) is 10.1 Å². The first kappa shape index (κ1) is 75.6. The van der Waals surface area contributed by atoms with E-state index in [1.807, 2.05) is 18.2 Å². The highest BCUT2D eigenvalue weighted by atomic mass is 32.2. The minimum atomic E-state index is -4.79. The molecule has 11 atom stereocenters. The number of fused-ring (bicyclic) bond motifs is 2. The summed E-state index contributed by atoms with van der Waals surface area (Å²) < 4.78 is 38.0. The van der Waals surface area contributed by atoms with Crippen molar-refractivity contribution in [3.8, 4) is 0 Å². The number of aliphatic hydroxyl groups is 1.